The molecule has 1 aliphatic heterocycles. The Bertz CT molecular complexity index is 246. The summed E-state index contributed by atoms with van der Waals surface area (Å²) in [6.07, 6.45) is 0. The third-order valence-corrected chi connectivity index (χ3v) is 3.88. The molecule has 0 aromatic heterocycles. The van der Waals surface area contributed by atoms with Crippen LogP contribution in [0.25, 0.3) is 0 Å². The van der Waals surface area contributed by atoms with E-state index in [2.05, 4.69) is 18.7 Å². The highest BCUT2D eigenvalue weighted by Crippen LogP contribution is 2.29. The minimum Gasteiger partial charge on any atom is -0.464 e. The maximum absolute atomic E-state index is 11.0. The van der Waals surface area contributed by atoms with Gasteiger partial charge in [-0.05, 0) is 20.8 Å². The Morgan fingerprint density at radius 2 is 2.24 bits per heavy atom. The van der Waals surface area contributed by atoms with Gasteiger partial charge in [-0.3, -0.25) is 4.90 Å². The number of thioether (sulfide) groups is 1. The molecular formula is C12H23NO3S. The van der Waals surface area contributed by atoms with Crippen molar-refractivity contribution >= 4 is 17.7 Å². The second-order valence-electron chi connectivity index (χ2n) is 4.74. The van der Waals surface area contributed by atoms with Crippen LogP contribution in [0.1, 0.15) is 20.8 Å². The first-order chi connectivity index (χ1) is 8.03. The SMILES string of the molecule is CCOC(=O)COCCN1CCSC(C)(C)C1. The lowest BCUT2D eigenvalue weighted by Crippen LogP contribution is -2.44. The monoisotopic (exact) mass is 261 g/mol. The summed E-state index contributed by atoms with van der Waals surface area (Å²) in [4.78, 5) is 13.4. The lowest BCUT2D eigenvalue weighted by Gasteiger charge is -2.37. The van der Waals surface area contributed by atoms with Crippen LogP contribution in [0.3, 0.4) is 0 Å². The number of carbonyl (C=O) groups excluding carboxylic acids is 1. The van der Waals surface area contributed by atoms with Gasteiger partial charge in [0, 0.05) is 30.1 Å². The van der Waals surface area contributed by atoms with Crippen LogP contribution in [-0.2, 0) is 14.3 Å². The highest BCUT2D eigenvalue weighted by atomic mass is 32.2. The Hall–Kier alpha value is -0.260. The van der Waals surface area contributed by atoms with Crippen LogP contribution in [0.15, 0.2) is 0 Å². The number of esters is 1. The highest BCUT2D eigenvalue weighted by molar-refractivity contribution is 8.00. The van der Waals surface area contributed by atoms with Crippen molar-refractivity contribution in [2.24, 2.45) is 0 Å². The fourth-order valence-electron chi connectivity index (χ4n) is 1.86. The summed E-state index contributed by atoms with van der Waals surface area (Å²) in [5.41, 5.74) is 0. The third kappa shape index (κ3) is 6.29. The van der Waals surface area contributed by atoms with Crippen LogP contribution in [0.5, 0.6) is 0 Å². The van der Waals surface area contributed by atoms with Crippen molar-refractivity contribution in [2.75, 3.05) is 45.2 Å². The van der Waals surface area contributed by atoms with Crippen LogP contribution in [0, 0.1) is 0 Å². The predicted octanol–water partition coefficient (Wildman–Crippen LogP) is 1.39. The molecule has 0 atom stereocenters. The zero-order chi connectivity index (χ0) is 12.7. The molecule has 0 radical (unpaired) electrons. The van der Waals surface area contributed by atoms with E-state index < -0.39 is 0 Å². The zero-order valence-electron chi connectivity index (χ0n) is 11.0. The molecule has 0 aromatic carbocycles. The molecule has 1 aliphatic rings. The first-order valence-electron chi connectivity index (χ1n) is 6.13. The van der Waals surface area contributed by atoms with Crippen LogP contribution < -0.4 is 0 Å². The van der Waals surface area contributed by atoms with Gasteiger partial charge in [-0.1, -0.05) is 0 Å². The van der Waals surface area contributed by atoms with Gasteiger partial charge in [-0.2, -0.15) is 11.8 Å². The van der Waals surface area contributed by atoms with Gasteiger partial charge in [0.2, 0.25) is 0 Å². The fourth-order valence-corrected chi connectivity index (χ4v) is 3.03. The van der Waals surface area contributed by atoms with Crippen molar-refractivity contribution in [3.05, 3.63) is 0 Å². The lowest BCUT2D eigenvalue weighted by molar-refractivity contribution is -0.148. The Kier molecular flexibility index (Phi) is 6.30. The van der Waals surface area contributed by atoms with E-state index in [1.807, 2.05) is 11.8 Å². The molecule has 1 heterocycles. The molecule has 1 fully saturated rings. The summed E-state index contributed by atoms with van der Waals surface area (Å²) < 4.78 is 10.4. The van der Waals surface area contributed by atoms with Gasteiger partial charge in [0.05, 0.1) is 13.2 Å². The number of hydrogen-bond donors (Lipinski definition) is 0. The van der Waals surface area contributed by atoms with Crippen molar-refractivity contribution in [1.29, 1.82) is 0 Å². The van der Waals surface area contributed by atoms with Gasteiger partial charge >= 0.3 is 5.97 Å². The van der Waals surface area contributed by atoms with Crippen LogP contribution in [0.4, 0.5) is 0 Å². The minimum absolute atomic E-state index is 0.0693. The Morgan fingerprint density at radius 1 is 1.47 bits per heavy atom. The molecule has 0 aliphatic carbocycles. The number of rotatable bonds is 6. The molecular weight excluding hydrogens is 238 g/mol. The van der Waals surface area contributed by atoms with E-state index in [0.29, 0.717) is 18.0 Å². The van der Waals surface area contributed by atoms with Crippen LogP contribution in [-0.4, -0.2) is 60.8 Å². The van der Waals surface area contributed by atoms with E-state index in [9.17, 15) is 4.79 Å². The van der Waals surface area contributed by atoms with E-state index in [-0.39, 0.29) is 12.6 Å². The van der Waals surface area contributed by atoms with E-state index >= 15 is 0 Å². The smallest absolute Gasteiger partial charge is 0.332 e. The van der Waals surface area contributed by atoms with Gasteiger partial charge in [0.15, 0.2) is 0 Å². The molecule has 5 heteroatoms. The van der Waals surface area contributed by atoms with Crippen molar-refractivity contribution < 1.29 is 14.3 Å². The quantitative estimate of drug-likeness (QED) is 0.534. The summed E-state index contributed by atoms with van der Waals surface area (Å²) in [7, 11) is 0. The molecule has 0 N–H and O–H groups in total. The van der Waals surface area contributed by atoms with Crippen LogP contribution in [0.2, 0.25) is 0 Å². The van der Waals surface area contributed by atoms with Gasteiger partial charge < -0.3 is 9.47 Å². The zero-order valence-corrected chi connectivity index (χ0v) is 11.8. The molecule has 17 heavy (non-hydrogen) atoms. The van der Waals surface area contributed by atoms with Crippen LogP contribution >= 0.6 is 11.8 Å². The maximum atomic E-state index is 11.0. The maximum Gasteiger partial charge on any atom is 0.332 e. The van der Waals surface area contributed by atoms with Crippen molar-refractivity contribution in [3.63, 3.8) is 0 Å². The second kappa shape index (κ2) is 7.24. The largest absolute Gasteiger partial charge is 0.464 e. The molecule has 100 valence electrons. The average Bonchev–Trinajstić information content (AvgIpc) is 2.23. The first kappa shape index (κ1) is 14.8. The Balaban J connectivity index is 2.08. The highest BCUT2D eigenvalue weighted by Gasteiger charge is 2.26. The van der Waals surface area contributed by atoms with Crippen molar-refractivity contribution in [3.8, 4) is 0 Å². The van der Waals surface area contributed by atoms with Gasteiger partial charge in [0.1, 0.15) is 6.61 Å². The standard InChI is InChI=1S/C12H23NO3S/c1-4-16-11(14)9-15-7-5-13-6-8-17-12(2,3)10-13/h4-10H2,1-3H3. The van der Waals surface area contributed by atoms with Gasteiger partial charge in [0.25, 0.3) is 0 Å². The summed E-state index contributed by atoms with van der Waals surface area (Å²) in [6.45, 7) is 10.5. The van der Waals surface area contributed by atoms with Crippen molar-refractivity contribution in [2.45, 2.75) is 25.5 Å². The summed E-state index contributed by atoms with van der Waals surface area (Å²) in [6, 6.07) is 0. The molecule has 4 nitrogen and oxygen atoms in total. The Labute approximate surface area is 108 Å². The number of carbonyl (C=O) groups is 1. The summed E-state index contributed by atoms with van der Waals surface area (Å²) >= 11 is 2.02. The normalized spacial score (nSPS) is 20.2. The molecule has 1 rings (SSSR count). The van der Waals surface area contributed by atoms with Gasteiger partial charge in [-0.15, -0.1) is 0 Å². The van der Waals surface area contributed by atoms with E-state index in [1.165, 1.54) is 5.75 Å². The lowest BCUT2D eigenvalue weighted by atomic mass is 10.2. The number of nitrogens with zero attached hydrogens (tertiary/aromatic N) is 1. The molecule has 0 bridgehead atoms. The first-order valence-corrected chi connectivity index (χ1v) is 7.12. The number of hydrogen-bond acceptors (Lipinski definition) is 5. The molecule has 0 amide bonds. The number of ether oxygens (including phenoxy) is 2. The molecule has 0 aromatic rings. The van der Waals surface area contributed by atoms with Crippen molar-refractivity contribution in [1.82, 2.24) is 4.90 Å². The summed E-state index contributed by atoms with van der Waals surface area (Å²) in [5, 5.41) is 0. The second-order valence-corrected chi connectivity index (χ2v) is 6.54. The van der Waals surface area contributed by atoms with E-state index in [1.54, 1.807) is 6.92 Å². The van der Waals surface area contributed by atoms with E-state index in [4.69, 9.17) is 9.47 Å². The molecule has 0 spiro atoms. The predicted molar refractivity (Wildman–Crippen MR) is 70.4 cm³/mol. The average molecular weight is 261 g/mol. The van der Waals surface area contributed by atoms with Gasteiger partial charge in [-0.25, -0.2) is 4.79 Å². The molecule has 1 saturated heterocycles. The molecule has 0 unspecified atom stereocenters. The summed E-state index contributed by atoms with van der Waals surface area (Å²) in [5.74, 6) is 0.896. The minimum atomic E-state index is -0.276. The molecule has 0 saturated carbocycles. The third-order valence-electron chi connectivity index (χ3n) is 2.58. The Morgan fingerprint density at radius 3 is 2.88 bits per heavy atom. The van der Waals surface area contributed by atoms with E-state index in [0.717, 1.165) is 19.6 Å². The fraction of sp³-hybridized carbons (Fsp3) is 0.917. The topological polar surface area (TPSA) is 38.8 Å².